The lowest BCUT2D eigenvalue weighted by Gasteiger charge is -2.33. The molecule has 1 rings (SSSR count). The third-order valence-electron chi connectivity index (χ3n) is 4.73. The minimum absolute atomic E-state index is 0.00495. The first-order valence-corrected chi connectivity index (χ1v) is 8.51. The van der Waals surface area contributed by atoms with Gasteiger partial charge in [0.05, 0.1) is 6.10 Å². The van der Waals surface area contributed by atoms with E-state index in [9.17, 15) is 19.8 Å². The number of aliphatic hydroxyl groups excluding tert-OH is 2. The van der Waals surface area contributed by atoms with Gasteiger partial charge in [-0.1, -0.05) is 26.0 Å². The van der Waals surface area contributed by atoms with E-state index in [1.54, 1.807) is 26.0 Å². The second-order valence-electron chi connectivity index (χ2n) is 6.98. The van der Waals surface area contributed by atoms with Crippen LogP contribution in [0, 0.1) is 23.7 Å². The van der Waals surface area contributed by atoms with Gasteiger partial charge in [0.2, 0.25) is 0 Å². The van der Waals surface area contributed by atoms with Gasteiger partial charge >= 0.3 is 0 Å². The van der Waals surface area contributed by atoms with Crippen molar-refractivity contribution in [2.45, 2.75) is 52.6 Å². The van der Waals surface area contributed by atoms with Crippen LogP contribution in [0.2, 0.25) is 0 Å². The van der Waals surface area contributed by atoms with Crippen molar-refractivity contribution < 1.29 is 19.8 Å². The van der Waals surface area contributed by atoms with Crippen LogP contribution in [0.5, 0.6) is 0 Å². The average molecular weight is 322 g/mol. The Bertz CT molecular complexity index is 452. The van der Waals surface area contributed by atoms with Crippen LogP contribution in [-0.2, 0) is 9.59 Å². The second-order valence-corrected chi connectivity index (χ2v) is 6.98. The molecule has 0 aromatic heterocycles. The highest BCUT2D eigenvalue weighted by Crippen LogP contribution is 2.33. The molecule has 4 heteroatoms. The topological polar surface area (TPSA) is 74.6 Å². The highest BCUT2D eigenvalue weighted by molar-refractivity contribution is 5.93. The van der Waals surface area contributed by atoms with Gasteiger partial charge in [-0.2, -0.15) is 0 Å². The van der Waals surface area contributed by atoms with E-state index in [2.05, 4.69) is 6.92 Å². The molecule has 4 nitrogen and oxygen atoms in total. The van der Waals surface area contributed by atoms with Crippen LogP contribution in [0.4, 0.5) is 0 Å². The summed E-state index contributed by atoms with van der Waals surface area (Å²) in [5.41, 5.74) is 0.572. The normalized spacial score (nSPS) is 28.6. The molecule has 0 heterocycles. The summed E-state index contributed by atoms with van der Waals surface area (Å²) in [4.78, 5) is 22.6. The van der Waals surface area contributed by atoms with Crippen molar-refractivity contribution in [3.8, 4) is 0 Å². The number of aliphatic hydroxyl groups is 2. The largest absolute Gasteiger partial charge is 0.396 e. The summed E-state index contributed by atoms with van der Waals surface area (Å²) < 4.78 is 0. The smallest absolute Gasteiger partial charge is 0.161 e. The predicted octanol–water partition coefficient (Wildman–Crippen LogP) is 2.69. The van der Waals surface area contributed by atoms with Crippen LogP contribution in [0.3, 0.4) is 0 Å². The Morgan fingerprint density at radius 3 is 2.61 bits per heavy atom. The Morgan fingerprint density at radius 1 is 1.30 bits per heavy atom. The van der Waals surface area contributed by atoms with Crippen molar-refractivity contribution in [1.82, 2.24) is 0 Å². The molecule has 0 amide bonds. The van der Waals surface area contributed by atoms with Crippen molar-refractivity contribution in [1.29, 1.82) is 0 Å². The fraction of sp³-hybridized carbons (Fsp3) is 0.684. The van der Waals surface area contributed by atoms with Crippen LogP contribution in [0.25, 0.3) is 0 Å². The van der Waals surface area contributed by atoms with Crippen molar-refractivity contribution >= 4 is 12.1 Å². The zero-order chi connectivity index (χ0) is 17.4. The summed E-state index contributed by atoms with van der Waals surface area (Å²) in [6.07, 6.45) is 9.14. The molecule has 0 aromatic rings. The summed E-state index contributed by atoms with van der Waals surface area (Å²) in [7, 11) is 0. The molecule has 0 spiro atoms. The Morgan fingerprint density at radius 2 is 2.00 bits per heavy atom. The number of ketones is 1. The lowest BCUT2D eigenvalue weighted by atomic mass is 9.76. The van der Waals surface area contributed by atoms with Crippen molar-refractivity contribution in [2.24, 2.45) is 23.7 Å². The van der Waals surface area contributed by atoms with E-state index in [1.807, 2.05) is 6.08 Å². The number of carbonyl (C=O) groups is 2. The molecular formula is C19H30O4. The Labute approximate surface area is 139 Å². The van der Waals surface area contributed by atoms with Gasteiger partial charge in [0.25, 0.3) is 0 Å². The van der Waals surface area contributed by atoms with Crippen LogP contribution < -0.4 is 0 Å². The summed E-state index contributed by atoms with van der Waals surface area (Å²) in [6, 6.07) is 0. The number of rotatable bonds is 8. The number of hydrogen-bond acceptors (Lipinski definition) is 4. The zero-order valence-electron chi connectivity index (χ0n) is 14.4. The van der Waals surface area contributed by atoms with E-state index < -0.39 is 0 Å². The highest BCUT2D eigenvalue weighted by Gasteiger charge is 2.29. The van der Waals surface area contributed by atoms with Gasteiger partial charge in [-0.3, -0.25) is 9.59 Å². The fourth-order valence-corrected chi connectivity index (χ4v) is 3.29. The molecule has 2 N–H and O–H groups in total. The van der Waals surface area contributed by atoms with Crippen molar-refractivity contribution in [3.63, 3.8) is 0 Å². The maximum atomic E-state index is 12.0. The molecule has 1 aliphatic carbocycles. The summed E-state index contributed by atoms with van der Waals surface area (Å²) in [6.45, 7) is 5.61. The maximum Gasteiger partial charge on any atom is 0.161 e. The number of hydrogen-bond donors (Lipinski definition) is 2. The summed E-state index contributed by atoms with van der Waals surface area (Å²) >= 11 is 0. The minimum Gasteiger partial charge on any atom is -0.396 e. The average Bonchev–Trinajstić information content (AvgIpc) is 2.54. The van der Waals surface area contributed by atoms with Crippen LogP contribution >= 0.6 is 0 Å². The standard InChI is InChI=1S/C19H30O4/c1-13(4-6-18(22)15(3)8-14(2)11-20)9-16-5-7-19(23)17(10-16)12-21/h4,6,8,11,13,15-17,19,21,23H,5,7,9-10,12H2,1-3H3/t13-,15+,16-,17-,19+/m0/s1. The second kappa shape index (κ2) is 9.78. The third kappa shape index (κ3) is 6.80. The van der Waals surface area contributed by atoms with Gasteiger partial charge in [-0.25, -0.2) is 0 Å². The van der Waals surface area contributed by atoms with E-state index >= 15 is 0 Å². The lowest BCUT2D eigenvalue weighted by Crippen LogP contribution is -2.32. The summed E-state index contributed by atoms with van der Waals surface area (Å²) in [5, 5.41) is 19.1. The van der Waals surface area contributed by atoms with Gasteiger partial charge in [-0.05, 0) is 56.1 Å². The van der Waals surface area contributed by atoms with E-state index in [-0.39, 0.29) is 36.2 Å². The Hall–Kier alpha value is -1.26. The molecule has 1 aliphatic rings. The molecule has 0 bridgehead atoms. The SMILES string of the molecule is CC(C=O)=C[C@@H](C)C(=O)C=C[C@H](C)C[C@@H]1CC[C@@H](O)[C@H](CO)C1. The monoisotopic (exact) mass is 322 g/mol. The van der Waals surface area contributed by atoms with E-state index in [0.717, 1.165) is 32.0 Å². The van der Waals surface area contributed by atoms with Crippen LogP contribution in [0.1, 0.15) is 46.5 Å². The Balaban J connectivity index is 2.48. The molecule has 0 unspecified atom stereocenters. The minimum atomic E-state index is -0.377. The molecule has 1 saturated carbocycles. The van der Waals surface area contributed by atoms with Crippen molar-refractivity contribution in [2.75, 3.05) is 6.61 Å². The fourth-order valence-electron chi connectivity index (χ4n) is 3.29. The van der Waals surface area contributed by atoms with Gasteiger partial charge in [0.1, 0.15) is 6.29 Å². The van der Waals surface area contributed by atoms with Gasteiger partial charge in [0, 0.05) is 18.4 Å². The molecule has 0 saturated heterocycles. The molecule has 0 radical (unpaired) electrons. The van der Waals surface area contributed by atoms with Crippen LogP contribution in [0.15, 0.2) is 23.8 Å². The number of allylic oxidation sites excluding steroid dienone is 4. The molecule has 1 fully saturated rings. The summed E-state index contributed by atoms with van der Waals surface area (Å²) in [5.74, 6) is 0.474. The van der Waals surface area contributed by atoms with Gasteiger partial charge in [0.15, 0.2) is 5.78 Å². The molecular weight excluding hydrogens is 292 g/mol. The zero-order valence-corrected chi connectivity index (χ0v) is 14.4. The first-order chi connectivity index (χ1) is 10.9. The van der Waals surface area contributed by atoms with E-state index in [4.69, 9.17) is 0 Å². The molecule has 5 atom stereocenters. The van der Waals surface area contributed by atoms with Crippen LogP contribution in [-0.4, -0.2) is 35.0 Å². The third-order valence-corrected chi connectivity index (χ3v) is 4.73. The molecule has 130 valence electrons. The first kappa shape index (κ1) is 19.8. The molecule has 0 aromatic carbocycles. The quantitative estimate of drug-likeness (QED) is 0.532. The van der Waals surface area contributed by atoms with Gasteiger partial charge in [-0.15, -0.1) is 0 Å². The van der Waals surface area contributed by atoms with E-state index in [0.29, 0.717) is 11.5 Å². The van der Waals surface area contributed by atoms with Crippen molar-refractivity contribution in [3.05, 3.63) is 23.8 Å². The highest BCUT2D eigenvalue weighted by atomic mass is 16.3. The Kier molecular flexibility index (Phi) is 8.42. The first-order valence-electron chi connectivity index (χ1n) is 8.51. The maximum absolute atomic E-state index is 12.0. The molecule has 0 aliphatic heterocycles. The molecule has 23 heavy (non-hydrogen) atoms. The van der Waals surface area contributed by atoms with Gasteiger partial charge < -0.3 is 10.2 Å². The predicted molar refractivity (Wildman–Crippen MR) is 90.8 cm³/mol. The van der Waals surface area contributed by atoms with E-state index in [1.165, 1.54) is 0 Å². The number of aldehydes is 1. The lowest BCUT2D eigenvalue weighted by molar-refractivity contribution is -0.116. The number of carbonyl (C=O) groups excluding carboxylic acids is 2.